The van der Waals surface area contributed by atoms with Gasteiger partial charge in [-0.1, -0.05) is 0 Å². The third kappa shape index (κ3) is 4.15. The maximum absolute atomic E-state index is 13.6. The second-order valence-corrected chi connectivity index (χ2v) is 7.55. The summed E-state index contributed by atoms with van der Waals surface area (Å²) in [6.45, 7) is 2.22. The fourth-order valence-electron chi connectivity index (χ4n) is 2.32. The maximum Gasteiger partial charge on any atom is 0.244 e. The summed E-state index contributed by atoms with van der Waals surface area (Å²) in [5.74, 6) is -0.0503. The molecule has 1 heterocycles. The Morgan fingerprint density at radius 1 is 1.52 bits per heavy atom. The van der Waals surface area contributed by atoms with Crippen LogP contribution in [0.1, 0.15) is 12.8 Å². The van der Waals surface area contributed by atoms with Crippen molar-refractivity contribution >= 4 is 26.0 Å². The molecule has 118 valence electrons. The summed E-state index contributed by atoms with van der Waals surface area (Å²) in [6.07, 6.45) is 1.81. The minimum atomic E-state index is -3.79. The molecule has 1 aromatic carbocycles. The molecule has 1 aliphatic heterocycles. The Kier molecular flexibility index (Phi) is 5.59. The van der Waals surface area contributed by atoms with E-state index in [9.17, 15) is 12.8 Å². The predicted octanol–water partition coefficient (Wildman–Crippen LogP) is 1.87. The standard InChI is InChI=1S/C13H18BrFN2O3S/c1-20-12-6-10(14)11(15)7-13(12)21(18,19)17-5-3-9-2-4-16-8-9/h6-7,9,16-17H,2-5,8H2,1H3. The van der Waals surface area contributed by atoms with Crippen LogP contribution in [0.3, 0.4) is 0 Å². The van der Waals surface area contributed by atoms with Gasteiger partial charge in [0.25, 0.3) is 0 Å². The lowest BCUT2D eigenvalue weighted by Crippen LogP contribution is -2.27. The molecular formula is C13H18BrFN2O3S. The van der Waals surface area contributed by atoms with Crippen LogP contribution in [0.25, 0.3) is 0 Å². The number of hydrogen-bond acceptors (Lipinski definition) is 4. The highest BCUT2D eigenvalue weighted by atomic mass is 79.9. The monoisotopic (exact) mass is 380 g/mol. The van der Waals surface area contributed by atoms with Crippen LogP contribution in [0.4, 0.5) is 4.39 Å². The minimum Gasteiger partial charge on any atom is -0.495 e. The number of benzene rings is 1. The summed E-state index contributed by atoms with van der Waals surface area (Å²) in [4.78, 5) is -0.185. The van der Waals surface area contributed by atoms with E-state index in [1.165, 1.54) is 13.2 Å². The Bertz CT molecular complexity index is 604. The highest BCUT2D eigenvalue weighted by molar-refractivity contribution is 9.10. The lowest BCUT2D eigenvalue weighted by Gasteiger charge is -2.13. The maximum atomic E-state index is 13.6. The van der Waals surface area contributed by atoms with Crippen molar-refractivity contribution in [2.75, 3.05) is 26.7 Å². The van der Waals surface area contributed by atoms with Crippen molar-refractivity contribution in [3.05, 3.63) is 22.4 Å². The Labute approximate surface area is 132 Å². The van der Waals surface area contributed by atoms with Crippen LogP contribution in [0, 0.1) is 11.7 Å². The van der Waals surface area contributed by atoms with E-state index in [0.717, 1.165) is 32.0 Å². The average Bonchev–Trinajstić information content (AvgIpc) is 2.94. The number of ether oxygens (including phenoxy) is 1. The molecular weight excluding hydrogens is 363 g/mol. The molecule has 1 unspecified atom stereocenters. The van der Waals surface area contributed by atoms with Gasteiger partial charge in [0.15, 0.2) is 0 Å². The highest BCUT2D eigenvalue weighted by Crippen LogP contribution is 2.29. The number of halogens is 2. The molecule has 0 spiro atoms. The molecule has 1 aromatic rings. The lowest BCUT2D eigenvalue weighted by molar-refractivity contribution is 0.400. The van der Waals surface area contributed by atoms with E-state index < -0.39 is 15.8 Å². The third-order valence-corrected chi connectivity index (χ3v) is 5.59. The van der Waals surface area contributed by atoms with E-state index in [0.29, 0.717) is 12.5 Å². The van der Waals surface area contributed by atoms with Crippen molar-refractivity contribution in [3.8, 4) is 5.75 Å². The molecule has 5 nitrogen and oxygen atoms in total. The molecule has 2 N–H and O–H groups in total. The van der Waals surface area contributed by atoms with Gasteiger partial charge in [-0.15, -0.1) is 0 Å². The first-order valence-corrected chi connectivity index (χ1v) is 8.95. The Balaban J connectivity index is 2.09. The number of hydrogen-bond donors (Lipinski definition) is 2. The van der Waals surface area contributed by atoms with Crippen molar-refractivity contribution in [2.24, 2.45) is 5.92 Å². The van der Waals surface area contributed by atoms with E-state index in [-0.39, 0.29) is 15.1 Å². The number of sulfonamides is 1. The zero-order valence-electron chi connectivity index (χ0n) is 11.7. The van der Waals surface area contributed by atoms with Gasteiger partial charge in [-0.05, 0) is 59.9 Å². The normalized spacial score (nSPS) is 18.9. The van der Waals surface area contributed by atoms with Crippen molar-refractivity contribution in [1.82, 2.24) is 10.0 Å². The molecule has 1 aliphatic rings. The van der Waals surface area contributed by atoms with Crippen molar-refractivity contribution in [2.45, 2.75) is 17.7 Å². The molecule has 0 bridgehead atoms. The molecule has 0 saturated carbocycles. The van der Waals surface area contributed by atoms with E-state index >= 15 is 0 Å². The van der Waals surface area contributed by atoms with Crippen LogP contribution in [-0.2, 0) is 10.0 Å². The van der Waals surface area contributed by atoms with Crippen LogP contribution in [0.2, 0.25) is 0 Å². The first-order chi connectivity index (χ1) is 9.94. The summed E-state index contributed by atoms with van der Waals surface area (Å²) in [7, 11) is -2.44. The molecule has 0 amide bonds. The highest BCUT2D eigenvalue weighted by Gasteiger charge is 2.22. The second-order valence-electron chi connectivity index (χ2n) is 4.96. The van der Waals surface area contributed by atoms with Crippen molar-refractivity contribution < 1.29 is 17.5 Å². The summed E-state index contributed by atoms with van der Waals surface area (Å²) in [5, 5.41) is 3.23. The van der Waals surface area contributed by atoms with Crippen molar-refractivity contribution in [1.29, 1.82) is 0 Å². The number of methoxy groups -OCH3 is 1. The molecule has 1 atom stereocenters. The molecule has 0 aliphatic carbocycles. The summed E-state index contributed by atoms with van der Waals surface area (Å²) < 4.78 is 45.8. The van der Waals surface area contributed by atoms with Gasteiger partial charge in [-0.2, -0.15) is 0 Å². The van der Waals surface area contributed by atoms with Crippen molar-refractivity contribution in [3.63, 3.8) is 0 Å². The van der Waals surface area contributed by atoms with Crippen LogP contribution < -0.4 is 14.8 Å². The fraction of sp³-hybridized carbons (Fsp3) is 0.538. The molecule has 1 saturated heterocycles. The minimum absolute atomic E-state index is 0.110. The van der Waals surface area contributed by atoms with E-state index in [1.54, 1.807) is 0 Å². The van der Waals surface area contributed by atoms with Gasteiger partial charge in [0.1, 0.15) is 16.5 Å². The van der Waals surface area contributed by atoms with Gasteiger partial charge >= 0.3 is 0 Å². The largest absolute Gasteiger partial charge is 0.495 e. The zero-order chi connectivity index (χ0) is 15.5. The summed E-state index contributed by atoms with van der Waals surface area (Å²) >= 11 is 3.01. The second kappa shape index (κ2) is 7.04. The van der Waals surface area contributed by atoms with E-state index in [4.69, 9.17) is 4.74 Å². The van der Waals surface area contributed by atoms with Gasteiger partial charge < -0.3 is 10.1 Å². The summed E-state index contributed by atoms with van der Waals surface area (Å²) in [6, 6.07) is 2.27. The SMILES string of the molecule is COc1cc(Br)c(F)cc1S(=O)(=O)NCCC1CCNC1. The fourth-order valence-corrected chi connectivity index (χ4v) is 3.85. The number of rotatable bonds is 6. The van der Waals surface area contributed by atoms with Gasteiger partial charge in [0.2, 0.25) is 10.0 Å². The molecule has 1 fully saturated rings. The van der Waals surface area contributed by atoms with Gasteiger partial charge in [0, 0.05) is 6.54 Å². The van der Waals surface area contributed by atoms with Crippen LogP contribution >= 0.6 is 15.9 Å². The zero-order valence-corrected chi connectivity index (χ0v) is 14.1. The lowest BCUT2D eigenvalue weighted by atomic mass is 10.1. The molecule has 8 heteroatoms. The quantitative estimate of drug-likeness (QED) is 0.790. The first-order valence-electron chi connectivity index (χ1n) is 6.67. The summed E-state index contributed by atoms with van der Waals surface area (Å²) in [5.41, 5.74) is 0. The van der Waals surface area contributed by atoms with Gasteiger partial charge in [-0.25, -0.2) is 17.5 Å². The predicted molar refractivity (Wildman–Crippen MR) is 81.4 cm³/mol. The van der Waals surface area contributed by atoms with Crippen LogP contribution in [-0.4, -0.2) is 35.2 Å². The van der Waals surface area contributed by atoms with E-state index in [1.807, 2.05) is 0 Å². The average molecular weight is 381 g/mol. The molecule has 21 heavy (non-hydrogen) atoms. The molecule has 0 radical (unpaired) electrons. The molecule has 2 rings (SSSR count). The Morgan fingerprint density at radius 3 is 2.90 bits per heavy atom. The molecule has 0 aromatic heterocycles. The smallest absolute Gasteiger partial charge is 0.244 e. The number of nitrogens with one attached hydrogen (secondary N) is 2. The Morgan fingerprint density at radius 2 is 2.29 bits per heavy atom. The Hall–Kier alpha value is -0.700. The third-order valence-electron chi connectivity index (χ3n) is 3.50. The van der Waals surface area contributed by atoms with Gasteiger partial charge in [0.05, 0.1) is 11.6 Å². The first kappa shape index (κ1) is 16.7. The van der Waals surface area contributed by atoms with Gasteiger partial charge in [-0.3, -0.25) is 0 Å². The van der Waals surface area contributed by atoms with Crippen LogP contribution in [0.15, 0.2) is 21.5 Å². The topological polar surface area (TPSA) is 67.4 Å². The van der Waals surface area contributed by atoms with E-state index in [2.05, 4.69) is 26.0 Å². The van der Waals surface area contributed by atoms with Crippen LogP contribution in [0.5, 0.6) is 5.75 Å².